The molecular weight excluding hydrogens is 345 g/mol. The predicted molar refractivity (Wildman–Crippen MR) is 79.2 cm³/mol. The van der Waals surface area contributed by atoms with Crippen molar-refractivity contribution in [2.45, 2.75) is 23.5 Å². The van der Waals surface area contributed by atoms with Gasteiger partial charge in [0.15, 0.2) is 0 Å². The number of nitrogens with two attached hydrogens (primary N) is 1. The number of hydrogen-bond donors (Lipinski definition) is 1. The van der Waals surface area contributed by atoms with Gasteiger partial charge in [-0.15, -0.1) is 10.2 Å². The average molecular weight is 356 g/mol. The minimum absolute atomic E-state index is 0.103. The van der Waals surface area contributed by atoms with Crippen molar-refractivity contribution in [2.24, 2.45) is 0 Å². The van der Waals surface area contributed by atoms with Crippen LogP contribution in [-0.4, -0.2) is 25.0 Å². The van der Waals surface area contributed by atoms with E-state index < -0.39 is 17.3 Å². The Bertz CT molecular complexity index is 832. The molecule has 1 aromatic carbocycles. The highest BCUT2D eigenvalue weighted by atomic mass is 32.2. The van der Waals surface area contributed by atoms with E-state index in [9.17, 15) is 13.2 Å². The number of halogens is 3. The van der Waals surface area contributed by atoms with E-state index >= 15 is 0 Å². The van der Waals surface area contributed by atoms with Gasteiger partial charge in [0.2, 0.25) is 16.9 Å². The van der Waals surface area contributed by atoms with Crippen LogP contribution in [0.25, 0.3) is 11.4 Å². The second kappa shape index (κ2) is 6.15. The van der Waals surface area contributed by atoms with E-state index in [-0.39, 0.29) is 11.0 Å². The summed E-state index contributed by atoms with van der Waals surface area (Å²) in [7, 11) is 0. The molecule has 3 rings (SSSR count). The quantitative estimate of drug-likeness (QED) is 0.567. The third-order valence-corrected chi connectivity index (χ3v) is 4.07. The highest BCUT2D eigenvalue weighted by Crippen LogP contribution is 2.35. The van der Waals surface area contributed by atoms with Crippen LogP contribution in [0.1, 0.15) is 23.9 Å². The molecule has 0 saturated carbocycles. The zero-order valence-electron chi connectivity index (χ0n) is 12.2. The van der Waals surface area contributed by atoms with Gasteiger partial charge < -0.3 is 10.4 Å². The van der Waals surface area contributed by atoms with Gasteiger partial charge in [-0.3, -0.25) is 0 Å². The Kier molecular flexibility index (Phi) is 4.18. The number of nitrogens with zero attached hydrogens (tertiary/aromatic N) is 5. The van der Waals surface area contributed by atoms with Gasteiger partial charge in [-0.05, 0) is 6.92 Å². The summed E-state index contributed by atoms with van der Waals surface area (Å²) in [5, 5.41) is 9.82. The van der Waals surface area contributed by atoms with Gasteiger partial charge in [0.1, 0.15) is 0 Å². The van der Waals surface area contributed by atoms with E-state index in [1.807, 2.05) is 30.3 Å². The van der Waals surface area contributed by atoms with E-state index in [1.54, 1.807) is 6.92 Å². The highest BCUT2D eigenvalue weighted by molar-refractivity contribution is 7.99. The van der Waals surface area contributed by atoms with Gasteiger partial charge >= 0.3 is 6.18 Å². The van der Waals surface area contributed by atoms with Crippen LogP contribution in [0.2, 0.25) is 0 Å². The first-order valence-electron chi connectivity index (χ1n) is 6.69. The van der Waals surface area contributed by atoms with E-state index in [2.05, 4.69) is 20.3 Å². The minimum atomic E-state index is -4.67. The number of thioether (sulfide) groups is 1. The maximum Gasteiger partial charge on any atom is 0.453 e. The molecule has 24 heavy (non-hydrogen) atoms. The average Bonchev–Trinajstić information content (AvgIpc) is 3.15. The van der Waals surface area contributed by atoms with Gasteiger partial charge in [0.25, 0.3) is 5.82 Å². The Hall–Kier alpha value is -2.56. The number of alkyl halides is 3. The summed E-state index contributed by atoms with van der Waals surface area (Å²) >= 11 is 0.937. The Labute approximate surface area is 138 Å². The van der Waals surface area contributed by atoms with E-state index in [4.69, 9.17) is 10.4 Å². The fourth-order valence-corrected chi connectivity index (χ4v) is 2.66. The second-order valence-electron chi connectivity index (χ2n) is 4.76. The molecule has 0 radical (unpaired) electrons. The third kappa shape index (κ3) is 3.20. The maximum absolute atomic E-state index is 12.7. The van der Waals surface area contributed by atoms with Crippen LogP contribution in [0.4, 0.5) is 13.2 Å². The summed E-state index contributed by atoms with van der Waals surface area (Å²) in [6.07, 6.45) is -4.67. The normalized spacial score (nSPS) is 13.2. The predicted octanol–water partition coefficient (Wildman–Crippen LogP) is 2.91. The van der Waals surface area contributed by atoms with Crippen molar-refractivity contribution < 1.29 is 17.7 Å². The zero-order valence-corrected chi connectivity index (χ0v) is 13.0. The van der Waals surface area contributed by atoms with Gasteiger partial charge in [-0.25, -0.2) is 4.68 Å². The summed E-state index contributed by atoms with van der Waals surface area (Å²) in [6, 6.07) is 9.16. The molecule has 0 amide bonds. The van der Waals surface area contributed by atoms with E-state index in [0.29, 0.717) is 10.5 Å². The molecule has 11 heteroatoms. The standard InChI is InChI=1S/C13H11F3N6OS/c1-7(24-12-20-19-11(22(12)17)13(14,15)16)10-18-9(21-23-10)8-5-3-2-4-6-8/h2-7H,17H2,1H3. The van der Waals surface area contributed by atoms with Crippen LogP contribution in [0.15, 0.2) is 40.0 Å². The number of hydrogen-bond acceptors (Lipinski definition) is 7. The molecule has 7 nitrogen and oxygen atoms in total. The van der Waals surface area contributed by atoms with E-state index in [0.717, 1.165) is 17.3 Å². The minimum Gasteiger partial charge on any atom is -0.338 e. The number of benzene rings is 1. The monoisotopic (exact) mass is 356 g/mol. The zero-order chi connectivity index (χ0) is 17.3. The lowest BCUT2D eigenvalue weighted by Crippen LogP contribution is -2.21. The van der Waals surface area contributed by atoms with Crippen molar-refractivity contribution in [3.05, 3.63) is 42.0 Å². The smallest absolute Gasteiger partial charge is 0.338 e. The molecule has 1 atom stereocenters. The SMILES string of the molecule is CC(Sc1nnc(C(F)(F)F)n1N)c1nc(-c2ccccc2)no1. The van der Waals surface area contributed by atoms with Crippen molar-refractivity contribution in [2.75, 3.05) is 5.84 Å². The molecule has 2 heterocycles. The van der Waals surface area contributed by atoms with Crippen molar-refractivity contribution in [1.29, 1.82) is 0 Å². The van der Waals surface area contributed by atoms with Crippen LogP contribution in [0, 0.1) is 0 Å². The van der Waals surface area contributed by atoms with Gasteiger partial charge in [0, 0.05) is 5.56 Å². The summed E-state index contributed by atoms with van der Waals surface area (Å²) < 4.78 is 43.5. The molecule has 0 aliphatic carbocycles. The van der Waals surface area contributed by atoms with Gasteiger partial charge in [-0.2, -0.15) is 18.2 Å². The summed E-state index contributed by atoms with van der Waals surface area (Å²) in [6.45, 7) is 1.69. The molecule has 0 aliphatic rings. The molecule has 0 fully saturated rings. The Morgan fingerprint density at radius 2 is 1.92 bits per heavy atom. The number of aromatic nitrogens is 5. The van der Waals surface area contributed by atoms with Crippen molar-refractivity contribution in [3.63, 3.8) is 0 Å². The van der Waals surface area contributed by atoms with Crippen LogP contribution in [0.3, 0.4) is 0 Å². The topological polar surface area (TPSA) is 95.7 Å². The first-order chi connectivity index (χ1) is 11.4. The molecule has 2 aromatic heterocycles. The van der Waals surface area contributed by atoms with Crippen molar-refractivity contribution in [3.8, 4) is 11.4 Å². The number of nitrogen functional groups attached to an aromatic ring is 1. The summed E-state index contributed by atoms with van der Waals surface area (Å²) in [5.74, 6) is 4.76. The molecule has 3 aromatic rings. The molecule has 0 saturated heterocycles. The summed E-state index contributed by atoms with van der Waals surface area (Å²) in [5.41, 5.74) is 0.769. The van der Waals surface area contributed by atoms with Crippen molar-refractivity contribution in [1.82, 2.24) is 25.0 Å². The van der Waals surface area contributed by atoms with Crippen LogP contribution >= 0.6 is 11.8 Å². The molecule has 0 bridgehead atoms. The maximum atomic E-state index is 12.7. The van der Waals surface area contributed by atoms with Crippen LogP contribution < -0.4 is 5.84 Å². The van der Waals surface area contributed by atoms with Crippen molar-refractivity contribution >= 4 is 11.8 Å². The third-order valence-electron chi connectivity index (χ3n) is 3.02. The lowest BCUT2D eigenvalue weighted by molar-refractivity contribution is -0.146. The molecule has 1 unspecified atom stereocenters. The first-order valence-corrected chi connectivity index (χ1v) is 7.57. The summed E-state index contributed by atoms with van der Waals surface area (Å²) in [4.78, 5) is 4.24. The van der Waals surface area contributed by atoms with E-state index in [1.165, 1.54) is 0 Å². The van der Waals surface area contributed by atoms with Crippen LogP contribution in [-0.2, 0) is 6.18 Å². The largest absolute Gasteiger partial charge is 0.453 e. The highest BCUT2D eigenvalue weighted by Gasteiger charge is 2.38. The van der Waals surface area contributed by atoms with Gasteiger partial charge in [-0.1, -0.05) is 47.3 Å². The molecule has 0 aliphatic heterocycles. The fraction of sp³-hybridized carbons (Fsp3) is 0.231. The fourth-order valence-electron chi connectivity index (χ4n) is 1.86. The molecule has 2 N–H and O–H groups in total. The van der Waals surface area contributed by atoms with Crippen LogP contribution in [0.5, 0.6) is 0 Å². The molecular formula is C13H11F3N6OS. The first kappa shape index (κ1) is 16.3. The van der Waals surface area contributed by atoms with Gasteiger partial charge in [0.05, 0.1) is 5.25 Å². The molecule has 126 valence electrons. The number of rotatable bonds is 4. The lowest BCUT2D eigenvalue weighted by atomic mass is 10.2. The molecule has 0 spiro atoms. The Morgan fingerprint density at radius 3 is 2.54 bits per heavy atom. The lowest BCUT2D eigenvalue weighted by Gasteiger charge is -2.07. The second-order valence-corrected chi connectivity index (χ2v) is 6.06. The Morgan fingerprint density at radius 1 is 1.21 bits per heavy atom. The Balaban J connectivity index is 1.78.